The Hall–Kier alpha value is -0.330. The second kappa shape index (κ2) is 7.61. The van der Waals surface area contributed by atoms with Gasteiger partial charge in [0.25, 0.3) is 0 Å². The van der Waals surface area contributed by atoms with Gasteiger partial charge in [-0.05, 0) is 19.2 Å². The number of nitrogens with zero attached hydrogens (tertiary/aromatic N) is 1. The van der Waals surface area contributed by atoms with E-state index in [-0.39, 0.29) is 11.5 Å². The monoisotopic (exact) mass is 339 g/mol. The summed E-state index contributed by atoms with van der Waals surface area (Å²) in [5, 5.41) is 11.0. The van der Waals surface area contributed by atoms with E-state index in [9.17, 15) is 13.5 Å². The van der Waals surface area contributed by atoms with Gasteiger partial charge < -0.3 is 10.0 Å². The van der Waals surface area contributed by atoms with Crippen LogP contribution in [-0.2, 0) is 9.84 Å². The molecule has 0 aliphatic rings. The van der Waals surface area contributed by atoms with Crippen LogP contribution < -0.4 is 0 Å². The number of sulfone groups is 1. The molecule has 1 unspecified atom stereocenters. The summed E-state index contributed by atoms with van der Waals surface area (Å²) in [6.07, 6.45) is -0.783. The number of hydrogen-bond acceptors (Lipinski definition) is 4. The number of halogens is 2. The van der Waals surface area contributed by atoms with Gasteiger partial charge in [-0.2, -0.15) is 0 Å². The van der Waals surface area contributed by atoms with Crippen molar-refractivity contribution in [1.82, 2.24) is 4.90 Å². The minimum atomic E-state index is -3.00. The first-order valence-corrected chi connectivity index (χ1v) is 8.85. The predicted octanol–water partition coefficient (Wildman–Crippen LogP) is 2.39. The molecule has 0 spiro atoms. The minimum absolute atomic E-state index is 0.0844. The fourth-order valence-electron chi connectivity index (χ4n) is 1.70. The largest absolute Gasteiger partial charge is 0.387 e. The highest BCUT2D eigenvalue weighted by Gasteiger charge is 2.16. The summed E-state index contributed by atoms with van der Waals surface area (Å²) in [5.74, 6) is 0.216. The fourth-order valence-corrected chi connectivity index (χ4v) is 3.11. The number of likely N-dealkylation sites (N-methyl/N-ethyl adjacent to an activating group) is 1. The van der Waals surface area contributed by atoms with E-state index in [1.54, 1.807) is 37.1 Å². The number of aliphatic hydroxyl groups excluding tert-OH is 1. The third kappa shape index (κ3) is 5.58. The first-order valence-electron chi connectivity index (χ1n) is 6.27. The second-order valence-electron chi connectivity index (χ2n) is 4.68. The van der Waals surface area contributed by atoms with Crippen LogP contribution in [0.1, 0.15) is 18.6 Å². The van der Waals surface area contributed by atoms with E-state index in [2.05, 4.69) is 0 Å². The lowest BCUT2D eigenvalue weighted by Gasteiger charge is -2.21. The zero-order valence-electron chi connectivity index (χ0n) is 11.5. The molecule has 0 amide bonds. The Morgan fingerprint density at radius 1 is 1.35 bits per heavy atom. The maximum atomic E-state index is 11.4. The van der Waals surface area contributed by atoms with Crippen LogP contribution in [-0.4, -0.2) is 50.1 Å². The summed E-state index contributed by atoms with van der Waals surface area (Å²) in [6.45, 7) is 2.30. The quantitative estimate of drug-likeness (QED) is 0.828. The standard InChI is InChI=1S/C13H19Cl2NO3S/c1-3-20(18,19)7-6-16(2)9-13(17)11-5-4-10(14)8-12(11)15/h4-5,8,13,17H,3,6-7,9H2,1-2H3. The van der Waals surface area contributed by atoms with Crippen molar-refractivity contribution in [3.05, 3.63) is 33.8 Å². The van der Waals surface area contributed by atoms with E-state index in [4.69, 9.17) is 23.2 Å². The van der Waals surface area contributed by atoms with Gasteiger partial charge in [-0.15, -0.1) is 0 Å². The molecule has 0 radical (unpaired) electrons. The molecule has 1 rings (SSSR count). The van der Waals surface area contributed by atoms with Crippen LogP contribution in [0.25, 0.3) is 0 Å². The first kappa shape index (κ1) is 17.7. The van der Waals surface area contributed by atoms with Crippen LogP contribution in [0.2, 0.25) is 10.0 Å². The lowest BCUT2D eigenvalue weighted by atomic mass is 10.1. The number of benzene rings is 1. The van der Waals surface area contributed by atoms with Gasteiger partial charge in [0.05, 0.1) is 11.9 Å². The second-order valence-corrected chi connectivity index (χ2v) is 8.00. The van der Waals surface area contributed by atoms with Crippen molar-refractivity contribution in [2.24, 2.45) is 0 Å². The molecule has 0 saturated carbocycles. The molecule has 7 heteroatoms. The summed E-state index contributed by atoms with van der Waals surface area (Å²) in [6, 6.07) is 4.91. The van der Waals surface area contributed by atoms with Gasteiger partial charge in [0.2, 0.25) is 0 Å². The van der Waals surface area contributed by atoms with Gasteiger partial charge in [-0.25, -0.2) is 8.42 Å². The van der Waals surface area contributed by atoms with E-state index in [0.717, 1.165) is 0 Å². The smallest absolute Gasteiger partial charge is 0.151 e. The van der Waals surface area contributed by atoms with Gasteiger partial charge >= 0.3 is 0 Å². The average Bonchev–Trinajstić information content (AvgIpc) is 2.36. The van der Waals surface area contributed by atoms with Crippen molar-refractivity contribution < 1.29 is 13.5 Å². The van der Waals surface area contributed by atoms with Crippen LogP contribution in [0.15, 0.2) is 18.2 Å². The van der Waals surface area contributed by atoms with Crippen molar-refractivity contribution in [1.29, 1.82) is 0 Å². The Morgan fingerprint density at radius 2 is 2.00 bits per heavy atom. The Morgan fingerprint density at radius 3 is 2.55 bits per heavy atom. The van der Waals surface area contributed by atoms with Gasteiger partial charge in [0.1, 0.15) is 0 Å². The SMILES string of the molecule is CCS(=O)(=O)CCN(C)CC(O)c1ccc(Cl)cc1Cl. The minimum Gasteiger partial charge on any atom is -0.387 e. The highest BCUT2D eigenvalue weighted by Crippen LogP contribution is 2.26. The van der Waals surface area contributed by atoms with Gasteiger partial charge in [-0.1, -0.05) is 36.2 Å². The molecule has 0 aromatic heterocycles. The zero-order valence-corrected chi connectivity index (χ0v) is 13.8. The van der Waals surface area contributed by atoms with Crippen molar-refractivity contribution in [2.75, 3.05) is 31.6 Å². The third-order valence-electron chi connectivity index (χ3n) is 3.03. The molecule has 1 N–H and O–H groups in total. The topological polar surface area (TPSA) is 57.6 Å². The molecule has 4 nitrogen and oxygen atoms in total. The highest BCUT2D eigenvalue weighted by molar-refractivity contribution is 7.91. The molecule has 1 aromatic carbocycles. The molecule has 0 fully saturated rings. The van der Waals surface area contributed by atoms with Crippen molar-refractivity contribution in [3.8, 4) is 0 Å². The van der Waals surface area contributed by atoms with Gasteiger partial charge in [-0.3, -0.25) is 0 Å². The van der Waals surface area contributed by atoms with Crippen molar-refractivity contribution >= 4 is 33.0 Å². The first-order chi connectivity index (χ1) is 9.25. The zero-order chi connectivity index (χ0) is 15.3. The Labute approximate surface area is 130 Å². The van der Waals surface area contributed by atoms with Crippen LogP contribution in [0, 0.1) is 0 Å². The van der Waals surface area contributed by atoms with Crippen LogP contribution in [0.3, 0.4) is 0 Å². The molecule has 1 atom stereocenters. The summed E-state index contributed by atoms with van der Waals surface area (Å²) in [7, 11) is -1.23. The van der Waals surface area contributed by atoms with Gasteiger partial charge in [0, 0.05) is 34.5 Å². The Bertz CT molecular complexity index is 549. The van der Waals surface area contributed by atoms with E-state index < -0.39 is 15.9 Å². The molecular weight excluding hydrogens is 321 g/mol. The fraction of sp³-hybridized carbons (Fsp3) is 0.538. The number of hydrogen-bond donors (Lipinski definition) is 1. The van der Waals surface area contributed by atoms with Crippen molar-refractivity contribution in [2.45, 2.75) is 13.0 Å². The summed E-state index contributed by atoms with van der Waals surface area (Å²) >= 11 is 11.8. The highest BCUT2D eigenvalue weighted by atomic mass is 35.5. The lowest BCUT2D eigenvalue weighted by molar-refractivity contribution is 0.130. The Kier molecular flexibility index (Phi) is 6.75. The number of rotatable bonds is 7. The molecule has 20 heavy (non-hydrogen) atoms. The van der Waals surface area contributed by atoms with Crippen LogP contribution in [0.5, 0.6) is 0 Å². The van der Waals surface area contributed by atoms with Crippen LogP contribution in [0.4, 0.5) is 0 Å². The predicted molar refractivity (Wildman–Crippen MR) is 83.2 cm³/mol. The molecule has 114 valence electrons. The van der Waals surface area contributed by atoms with E-state index in [1.807, 2.05) is 0 Å². The molecule has 0 bridgehead atoms. The summed E-state index contributed by atoms with van der Waals surface area (Å²) < 4.78 is 22.9. The van der Waals surface area contributed by atoms with Crippen LogP contribution >= 0.6 is 23.2 Å². The average molecular weight is 340 g/mol. The van der Waals surface area contributed by atoms with E-state index in [1.165, 1.54) is 0 Å². The summed E-state index contributed by atoms with van der Waals surface area (Å²) in [5.41, 5.74) is 0.585. The third-order valence-corrected chi connectivity index (χ3v) is 5.28. The van der Waals surface area contributed by atoms with E-state index in [0.29, 0.717) is 28.7 Å². The summed E-state index contributed by atoms with van der Waals surface area (Å²) in [4.78, 5) is 1.77. The Balaban J connectivity index is 2.59. The lowest BCUT2D eigenvalue weighted by Crippen LogP contribution is -2.30. The number of aliphatic hydroxyl groups is 1. The maximum Gasteiger partial charge on any atom is 0.151 e. The van der Waals surface area contributed by atoms with E-state index >= 15 is 0 Å². The molecule has 0 heterocycles. The molecule has 0 aliphatic carbocycles. The van der Waals surface area contributed by atoms with Crippen molar-refractivity contribution in [3.63, 3.8) is 0 Å². The molecule has 1 aromatic rings. The maximum absolute atomic E-state index is 11.4. The normalized spacial score (nSPS) is 13.7. The molecule has 0 aliphatic heterocycles. The molecular formula is C13H19Cl2NO3S. The van der Waals surface area contributed by atoms with Gasteiger partial charge in [0.15, 0.2) is 9.84 Å². The molecule has 0 saturated heterocycles.